The topological polar surface area (TPSA) is 113 Å². The van der Waals surface area contributed by atoms with E-state index in [0.29, 0.717) is 0 Å². The van der Waals surface area contributed by atoms with E-state index in [-0.39, 0.29) is 6.61 Å². The number of hydrogen-bond acceptors (Lipinski definition) is 6. The molecular formula is C11H15NO5. The van der Waals surface area contributed by atoms with Gasteiger partial charge in [0, 0.05) is 0 Å². The molecule has 6 heteroatoms. The molecule has 0 fully saturated rings. The first kappa shape index (κ1) is 8.32. The Morgan fingerprint density at radius 1 is 1.59 bits per heavy atom. The van der Waals surface area contributed by atoms with Crippen LogP contribution in [0.2, 0.25) is 0 Å². The monoisotopic (exact) mass is 245 g/mol. The number of rotatable bonds is 4. The average molecular weight is 245 g/mol. The van der Waals surface area contributed by atoms with Gasteiger partial charge < -0.3 is 25.8 Å². The first-order valence-corrected chi connectivity index (χ1v) is 4.74. The number of carbonyl (C=O) groups is 1. The summed E-state index contributed by atoms with van der Waals surface area (Å²) in [5.41, 5.74) is 4.53. The van der Waals surface area contributed by atoms with E-state index in [1.54, 1.807) is 0 Å². The number of benzene rings is 1. The summed E-state index contributed by atoms with van der Waals surface area (Å²) >= 11 is 0. The quantitative estimate of drug-likeness (QED) is 0.439. The fourth-order valence-corrected chi connectivity index (χ4v) is 1.02. The molecule has 0 amide bonds. The number of phenols is 2. The van der Waals surface area contributed by atoms with Crippen molar-refractivity contribution in [3.05, 3.63) is 23.7 Å². The van der Waals surface area contributed by atoms with Crippen molar-refractivity contribution >= 4 is 5.97 Å². The van der Waals surface area contributed by atoms with E-state index in [1.807, 2.05) is 0 Å². The van der Waals surface area contributed by atoms with Crippen LogP contribution in [0.5, 0.6) is 11.5 Å². The van der Waals surface area contributed by atoms with Crippen molar-refractivity contribution < 1.29 is 30.3 Å². The zero-order chi connectivity index (χ0) is 16.5. The molecule has 0 unspecified atom stereocenters. The first-order valence-electron chi connectivity index (χ1n) is 6.74. The Morgan fingerprint density at radius 2 is 2.24 bits per heavy atom. The van der Waals surface area contributed by atoms with Crippen LogP contribution in [0.25, 0.3) is 0 Å². The molecule has 0 radical (unpaired) electrons. The van der Waals surface area contributed by atoms with E-state index in [4.69, 9.17) is 11.2 Å². The smallest absolute Gasteiger partial charge is 0.325 e. The summed E-state index contributed by atoms with van der Waals surface area (Å²) in [7, 11) is 0. The van der Waals surface area contributed by atoms with Crippen molar-refractivity contribution in [3.8, 4) is 11.5 Å². The lowest BCUT2D eigenvalue weighted by Gasteiger charge is -2.17. The summed E-state index contributed by atoms with van der Waals surface area (Å²) in [4.78, 5) is 11.5. The molecule has 5 N–H and O–H groups in total. The van der Waals surface area contributed by atoms with Crippen LogP contribution in [0.15, 0.2) is 18.1 Å². The average Bonchev–Trinajstić information content (AvgIpc) is 2.42. The number of ether oxygens (including phenoxy) is 1. The molecule has 0 saturated heterocycles. The van der Waals surface area contributed by atoms with Crippen molar-refractivity contribution in [1.29, 1.82) is 0 Å². The van der Waals surface area contributed by atoms with E-state index in [1.165, 1.54) is 6.92 Å². The van der Waals surface area contributed by atoms with Gasteiger partial charge in [-0.2, -0.15) is 0 Å². The summed E-state index contributed by atoms with van der Waals surface area (Å²) in [6.45, 7) is 1.42. The van der Waals surface area contributed by atoms with E-state index in [0.717, 1.165) is 0 Å². The lowest BCUT2D eigenvalue weighted by Crippen LogP contribution is -2.38. The SMILES string of the molecule is [2H]c1c([2H])c([C@]([2H])(O)[C@H](N)C(=O)OCC)c([2H])c(O)c1O. The normalized spacial score (nSPS) is 19.2. The van der Waals surface area contributed by atoms with E-state index < -0.39 is 53.3 Å². The van der Waals surface area contributed by atoms with Crippen molar-refractivity contribution in [1.82, 2.24) is 0 Å². The predicted molar refractivity (Wildman–Crippen MR) is 59.3 cm³/mol. The molecule has 2 atom stereocenters. The fraction of sp³-hybridized carbons (Fsp3) is 0.364. The lowest BCUT2D eigenvalue weighted by molar-refractivity contribution is -0.147. The minimum Gasteiger partial charge on any atom is -0.504 e. The molecule has 1 rings (SSSR count). The van der Waals surface area contributed by atoms with Gasteiger partial charge in [-0.15, -0.1) is 0 Å². The predicted octanol–water partition coefficient (Wildman–Crippen LogP) is 0.0216. The second-order valence-corrected chi connectivity index (χ2v) is 3.06. The molecule has 0 saturated carbocycles. The Hall–Kier alpha value is -1.79. The van der Waals surface area contributed by atoms with Crippen molar-refractivity contribution in [2.45, 2.75) is 19.0 Å². The maximum Gasteiger partial charge on any atom is 0.325 e. The number of aliphatic hydroxyl groups is 1. The molecule has 6 nitrogen and oxygen atoms in total. The van der Waals surface area contributed by atoms with Gasteiger partial charge in [0.15, 0.2) is 11.5 Å². The number of nitrogens with two attached hydrogens (primary N) is 1. The van der Waals surface area contributed by atoms with Gasteiger partial charge in [-0.1, -0.05) is 6.04 Å². The zero-order valence-corrected chi connectivity index (χ0v) is 9.02. The third-order valence-electron chi connectivity index (χ3n) is 1.86. The molecule has 0 aliphatic carbocycles. The molecule has 0 aliphatic rings. The number of esters is 1. The molecule has 1 aromatic carbocycles. The summed E-state index contributed by atoms with van der Waals surface area (Å²) in [6, 6.07) is -4.73. The first-order chi connectivity index (χ1) is 9.57. The molecule has 1 aromatic rings. The van der Waals surface area contributed by atoms with Gasteiger partial charge in [-0.05, 0) is 24.6 Å². The Kier molecular flexibility index (Phi) is 2.70. The van der Waals surface area contributed by atoms with Crippen molar-refractivity contribution in [2.24, 2.45) is 5.73 Å². The molecule has 0 aromatic heterocycles. The second-order valence-electron chi connectivity index (χ2n) is 3.06. The number of hydrogen-bond donors (Lipinski definition) is 4. The maximum atomic E-state index is 11.5. The molecule has 0 bridgehead atoms. The van der Waals surface area contributed by atoms with Gasteiger partial charge in [-0.25, -0.2) is 0 Å². The Morgan fingerprint density at radius 3 is 2.82 bits per heavy atom. The summed E-state index contributed by atoms with van der Waals surface area (Å²) in [6.07, 6.45) is -2.98. The van der Waals surface area contributed by atoms with Gasteiger partial charge in [0.1, 0.15) is 12.1 Å². The summed E-state index contributed by atoms with van der Waals surface area (Å²) in [5.74, 6) is -3.27. The van der Waals surface area contributed by atoms with Crippen LogP contribution >= 0.6 is 0 Å². The molecular weight excluding hydrogens is 226 g/mol. The van der Waals surface area contributed by atoms with Gasteiger partial charge in [0.2, 0.25) is 0 Å². The highest BCUT2D eigenvalue weighted by Crippen LogP contribution is 2.28. The van der Waals surface area contributed by atoms with E-state index in [9.17, 15) is 20.1 Å². The van der Waals surface area contributed by atoms with E-state index in [2.05, 4.69) is 4.74 Å². The van der Waals surface area contributed by atoms with Crippen LogP contribution in [0, 0.1) is 0 Å². The maximum absolute atomic E-state index is 11.5. The number of phenolic OH excluding ortho intramolecular Hbond substituents is 2. The van der Waals surface area contributed by atoms with Gasteiger partial charge in [0.25, 0.3) is 0 Å². The Balaban J connectivity index is 3.48. The molecule has 0 spiro atoms. The van der Waals surface area contributed by atoms with Crippen molar-refractivity contribution in [2.75, 3.05) is 6.61 Å². The van der Waals surface area contributed by atoms with Crippen LogP contribution in [-0.2, 0) is 9.53 Å². The highest BCUT2D eigenvalue weighted by molar-refractivity contribution is 5.76. The molecule has 94 valence electrons. The Labute approximate surface area is 104 Å². The lowest BCUT2D eigenvalue weighted by atomic mass is 10.0. The molecule has 0 aliphatic heterocycles. The zero-order valence-electron chi connectivity index (χ0n) is 13.0. The minimum atomic E-state index is -2.98. The van der Waals surface area contributed by atoms with Crippen LogP contribution in [0.3, 0.4) is 0 Å². The fourth-order valence-electron chi connectivity index (χ4n) is 1.02. The van der Waals surface area contributed by atoms with Crippen molar-refractivity contribution in [3.63, 3.8) is 0 Å². The third kappa shape index (κ3) is 3.08. The number of aromatic hydroxyl groups is 2. The third-order valence-corrected chi connectivity index (χ3v) is 1.86. The standard InChI is InChI=1S/C11H15NO5/c1-2-17-11(16)9(12)10(15)6-3-4-7(13)8(14)5-6/h3-5,9-10,13-15H,2,12H2,1H3/t9-,10-/m0/s1/i3D,4D,5D,10D. The van der Waals surface area contributed by atoms with Gasteiger partial charge in [0.05, 0.1) is 12.1 Å². The van der Waals surface area contributed by atoms with Crippen LogP contribution in [0.1, 0.15) is 24.1 Å². The van der Waals surface area contributed by atoms with Crippen LogP contribution in [-0.4, -0.2) is 33.9 Å². The Bertz CT molecular complexity index is 549. The molecule has 0 heterocycles. The van der Waals surface area contributed by atoms with Crippen LogP contribution < -0.4 is 5.73 Å². The molecule has 17 heavy (non-hydrogen) atoms. The number of carbonyl (C=O) groups excluding carboxylic acids is 1. The van der Waals surface area contributed by atoms with Gasteiger partial charge >= 0.3 is 5.97 Å². The summed E-state index contributed by atoms with van der Waals surface area (Å²) < 4.78 is 34.9. The van der Waals surface area contributed by atoms with E-state index >= 15 is 0 Å². The largest absolute Gasteiger partial charge is 0.504 e. The van der Waals surface area contributed by atoms with Gasteiger partial charge in [-0.3, -0.25) is 4.79 Å². The highest BCUT2D eigenvalue weighted by atomic mass is 16.5. The minimum absolute atomic E-state index is 0.0609. The highest BCUT2D eigenvalue weighted by Gasteiger charge is 2.25. The summed E-state index contributed by atoms with van der Waals surface area (Å²) in [5, 5.41) is 28.9. The van der Waals surface area contributed by atoms with Crippen LogP contribution in [0.4, 0.5) is 0 Å². The second kappa shape index (κ2) is 5.51.